The summed E-state index contributed by atoms with van der Waals surface area (Å²) in [5, 5.41) is 0. The van der Waals surface area contributed by atoms with Gasteiger partial charge in [0.15, 0.2) is 0 Å². The van der Waals surface area contributed by atoms with Gasteiger partial charge in [0.25, 0.3) is 0 Å². The van der Waals surface area contributed by atoms with Crippen LogP contribution in [0, 0.1) is 0 Å². The fraction of sp³-hybridized carbons (Fsp3) is 0.667. The number of cyclic esters (lactones) is 2. The molecule has 13 heavy (non-hydrogen) atoms. The molecule has 2 amide bonds. The average molecular weight is 373 g/mol. The maximum atomic E-state index is 11.0. The van der Waals surface area contributed by atoms with Crippen LogP contribution < -0.4 is 0 Å². The van der Waals surface area contributed by atoms with Gasteiger partial charge in [-0.25, -0.2) is 0 Å². The summed E-state index contributed by atoms with van der Waals surface area (Å²) in [6.07, 6.45) is -0.525. The van der Waals surface area contributed by atoms with Gasteiger partial charge < -0.3 is 0 Å². The molecule has 0 N–H and O–H groups in total. The predicted molar refractivity (Wildman–Crippen MR) is 36.1 cm³/mol. The number of hydrogen-bond donors (Lipinski definition) is 0. The first kappa shape index (κ1) is 9.05. The fourth-order valence-electron chi connectivity index (χ4n) is 1.31. The Morgan fingerprint density at radius 1 is 1.00 bits per heavy atom. The Bertz CT molecular complexity index is 223. The van der Waals surface area contributed by atoms with E-state index in [2.05, 4.69) is 0 Å². The summed E-state index contributed by atoms with van der Waals surface area (Å²) in [5.74, 6) is 0. The second kappa shape index (κ2) is 3.69. The van der Waals surface area contributed by atoms with Crippen LogP contribution in [0.1, 0.15) is 0 Å². The van der Waals surface area contributed by atoms with Crippen LogP contribution in [0.5, 0.6) is 0 Å². The molecule has 0 spiro atoms. The number of nitrogens with zero attached hydrogens (tertiary/aromatic N) is 2. The van der Waals surface area contributed by atoms with Crippen molar-refractivity contribution in [1.29, 1.82) is 0 Å². The molecule has 0 atom stereocenters. The molecule has 2 saturated heterocycles. The molecule has 0 aromatic carbocycles. The minimum atomic E-state index is -1.79. The first-order chi connectivity index (χ1) is 6.27. The Labute approximate surface area is 88.0 Å². The summed E-state index contributed by atoms with van der Waals surface area (Å²) >= 11 is -1.79. The third-order valence-corrected chi connectivity index (χ3v) is 9.15. The van der Waals surface area contributed by atoms with Crippen LogP contribution in [-0.4, -0.2) is 43.8 Å². The van der Waals surface area contributed by atoms with E-state index in [1.54, 1.807) is 5.33 Å². The van der Waals surface area contributed by atoms with Crippen LogP contribution in [-0.2, 0) is 34.6 Å². The molecule has 7 heteroatoms. The number of carbonyl (C=O) groups excluding carboxylic acids is 2. The van der Waals surface area contributed by atoms with Gasteiger partial charge in [0.2, 0.25) is 0 Å². The van der Waals surface area contributed by atoms with E-state index < -0.39 is 25.2 Å². The van der Waals surface area contributed by atoms with Gasteiger partial charge in [-0.3, -0.25) is 0 Å². The van der Waals surface area contributed by atoms with Gasteiger partial charge in [0.1, 0.15) is 0 Å². The molecule has 2 heterocycles. The van der Waals surface area contributed by atoms with Gasteiger partial charge in [-0.2, -0.15) is 0 Å². The Kier molecular flexibility index (Phi) is 2.57. The molecular formula is C6H8HgN2O4. The second-order valence-corrected chi connectivity index (χ2v) is 9.93. The van der Waals surface area contributed by atoms with Gasteiger partial charge in [0, 0.05) is 0 Å². The molecule has 2 aliphatic rings. The molecule has 0 aromatic heterocycles. The normalized spacial score (nSPS) is 21.5. The summed E-state index contributed by atoms with van der Waals surface area (Å²) in [4.78, 5) is 22.1. The zero-order valence-electron chi connectivity index (χ0n) is 7.06. The molecule has 0 aliphatic carbocycles. The number of hydrogen-bond acceptors (Lipinski definition) is 4. The molecule has 0 aromatic rings. The van der Waals surface area contributed by atoms with Crippen LogP contribution >= 0.6 is 0 Å². The summed E-state index contributed by atoms with van der Waals surface area (Å²) in [6, 6.07) is 0. The van der Waals surface area contributed by atoms with E-state index in [4.69, 9.17) is 9.47 Å². The van der Waals surface area contributed by atoms with Gasteiger partial charge >= 0.3 is 88.1 Å². The van der Waals surface area contributed by atoms with Crippen molar-refractivity contribution in [2.45, 2.75) is 0 Å². The predicted octanol–water partition coefficient (Wildman–Crippen LogP) is -0.197. The third kappa shape index (κ3) is 1.87. The van der Waals surface area contributed by atoms with Gasteiger partial charge in [0.05, 0.1) is 0 Å². The number of rotatable bonds is 2. The van der Waals surface area contributed by atoms with Crippen molar-refractivity contribution in [2.24, 2.45) is 0 Å². The Balaban J connectivity index is 1.89. The maximum absolute atomic E-state index is 11.0. The molecule has 0 radical (unpaired) electrons. The Morgan fingerprint density at radius 3 is 1.77 bits per heavy atom. The molecule has 0 bridgehead atoms. The molecule has 0 saturated carbocycles. The van der Waals surface area contributed by atoms with Crippen LogP contribution in [0.25, 0.3) is 0 Å². The molecule has 2 rings (SSSR count). The number of amides is 2. The second-order valence-electron chi connectivity index (χ2n) is 2.90. The van der Waals surface area contributed by atoms with Crippen molar-refractivity contribution in [2.75, 3.05) is 26.3 Å². The molecule has 2 fully saturated rings. The van der Waals surface area contributed by atoms with E-state index in [1.807, 2.05) is 0 Å². The van der Waals surface area contributed by atoms with E-state index >= 15 is 0 Å². The van der Waals surface area contributed by atoms with E-state index in [9.17, 15) is 9.59 Å². The fourth-order valence-corrected chi connectivity index (χ4v) is 6.63. The van der Waals surface area contributed by atoms with Crippen molar-refractivity contribution in [1.82, 2.24) is 5.33 Å². The van der Waals surface area contributed by atoms with E-state index in [1.165, 1.54) is 0 Å². The summed E-state index contributed by atoms with van der Waals surface area (Å²) in [6.45, 7) is 2.21. The van der Waals surface area contributed by atoms with Crippen molar-refractivity contribution in [3.63, 3.8) is 0 Å². The van der Waals surface area contributed by atoms with Crippen molar-refractivity contribution in [3.05, 3.63) is 0 Å². The van der Waals surface area contributed by atoms with Crippen molar-refractivity contribution in [3.8, 4) is 0 Å². The molecular weight excluding hydrogens is 365 g/mol. The molecule has 6 nitrogen and oxygen atoms in total. The monoisotopic (exact) mass is 374 g/mol. The average Bonchev–Trinajstić information content (AvgIpc) is 2.65. The Hall–Kier alpha value is -0.525. The first-order valence-electron chi connectivity index (χ1n) is 4.11. The zero-order valence-corrected chi connectivity index (χ0v) is 12.6. The van der Waals surface area contributed by atoms with Crippen molar-refractivity contribution < 1.29 is 44.2 Å². The van der Waals surface area contributed by atoms with Gasteiger partial charge in [-0.15, -0.1) is 0 Å². The van der Waals surface area contributed by atoms with Crippen LogP contribution in [0.3, 0.4) is 0 Å². The van der Waals surface area contributed by atoms with Gasteiger partial charge in [-0.1, -0.05) is 0 Å². The van der Waals surface area contributed by atoms with E-state index in [-0.39, 0.29) is 12.2 Å². The summed E-state index contributed by atoms with van der Waals surface area (Å²) in [5.41, 5.74) is 0. The van der Waals surface area contributed by atoms with Crippen LogP contribution in [0.4, 0.5) is 9.59 Å². The summed E-state index contributed by atoms with van der Waals surface area (Å²) in [7, 11) is 0. The standard InChI is InChI=1S/2C3H5NO2.Hg/c2*5-3-4-1-2-6-3;/h2*1-2H2,(H,4,5);/q;;+2/p-2. The number of carbonyl (C=O) groups is 2. The molecule has 68 valence electrons. The quantitative estimate of drug-likeness (QED) is 0.630. The van der Waals surface area contributed by atoms with Crippen molar-refractivity contribution >= 4 is 12.2 Å². The Morgan fingerprint density at radius 2 is 1.46 bits per heavy atom. The minimum absolute atomic E-state index is 0.263. The van der Waals surface area contributed by atoms with E-state index in [0.717, 1.165) is 0 Å². The van der Waals surface area contributed by atoms with Gasteiger partial charge in [-0.05, 0) is 0 Å². The molecule has 2 aliphatic heterocycles. The third-order valence-electron chi connectivity index (χ3n) is 2.03. The topological polar surface area (TPSA) is 59.1 Å². The van der Waals surface area contributed by atoms with Crippen LogP contribution in [0.2, 0.25) is 0 Å². The van der Waals surface area contributed by atoms with Crippen LogP contribution in [0.15, 0.2) is 0 Å². The summed E-state index contributed by atoms with van der Waals surface area (Å²) < 4.78 is 13.0. The SMILES string of the molecule is O=C1OCC[N]1[Hg][N]1CCOC1=O. The van der Waals surface area contributed by atoms with E-state index in [0.29, 0.717) is 26.3 Å². The molecule has 0 unspecified atom stereocenters. The zero-order chi connectivity index (χ0) is 9.26. The first-order valence-corrected chi connectivity index (χ1v) is 9.02. The number of ether oxygens (including phenoxy) is 2.